The van der Waals surface area contributed by atoms with Gasteiger partial charge in [0.15, 0.2) is 0 Å². The molecule has 1 atom stereocenters. The van der Waals surface area contributed by atoms with Crippen LogP contribution in [0.4, 0.5) is 13.2 Å². The summed E-state index contributed by atoms with van der Waals surface area (Å²) in [4.78, 5) is 0. The lowest BCUT2D eigenvalue weighted by Gasteiger charge is -2.23. The zero-order chi connectivity index (χ0) is 14.4. The second kappa shape index (κ2) is 7.09. The predicted molar refractivity (Wildman–Crippen MR) is 71.4 cm³/mol. The molecule has 2 nitrogen and oxygen atoms in total. The molecule has 1 aliphatic heterocycles. The maximum atomic E-state index is 12.5. The highest BCUT2D eigenvalue weighted by atomic mass is 19.4. The Hall–Kier alpha value is -1.07. The predicted octanol–water partition coefficient (Wildman–Crippen LogP) is 3.75. The van der Waals surface area contributed by atoms with Crippen molar-refractivity contribution in [2.75, 3.05) is 13.2 Å². The van der Waals surface area contributed by atoms with Crippen molar-refractivity contribution >= 4 is 0 Å². The number of ether oxygens (including phenoxy) is 1. The smallest absolute Gasteiger partial charge is 0.377 e. The zero-order valence-corrected chi connectivity index (χ0v) is 11.4. The number of rotatable bonds is 5. The van der Waals surface area contributed by atoms with Crippen molar-refractivity contribution in [3.05, 3.63) is 35.4 Å². The van der Waals surface area contributed by atoms with Gasteiger partial charge in [-0.3, -0.25) is 0 Å². The highest BCUT2D eigenvalue weighted by Crippen LogP contribution is 2.29. The first-order chi connectivity index (χ1) is 9.55. The molecule has 0 amide bonds. The summed E-state index contributed by atoms with van der Waals surface area (Å²) >= 11 is 0. The summed E-state index contributed by atoms with van der Waals surface area (Å²) in [6, 6.07) is 5.80. The van der Waals surface area contributed by atoms with Crippen LogP contribution >= 0.6 is 0 Å². The van der Waals surface area contributed by atoms with E-state index in [1.807, 2.05) is 0 Å². The average molecular weight is 287 g/mol. The molecule has 1 aromatic carbocycles. The molecule has 1 unspecified atom stereocenters. The summed E-state index contributed by atoms with van der Waals surface area (Å²) in [5, 5.41) is 3.42. The number of nitrogens with one attached hydrogen (secondary N) is 1. The minimum absolute atomic E-state index is 0.233. The summed E-state index contributed by atoms with van der Waals surface area (Å²) in [5.74, 6) is 0. The van der Waals surface area contributed by atoms with Crippen LogP contribution in [0.3, 0.4) is 0 Å². The van der Waals surface area contributed by atoms with E-state index >= 15 is 0 Å². The molecule has 1 saturated heterocycles. The van der Waals surface area contributed by atoms with E-state index in [1.54, 1.807) is 6.07 Å². The molecular weight excluding hydrogens is 267 g/mol. The van der Waals surface area contributed by atoms with E-state index in [1.165, 1.54) is 18.9 Å². The van der Waals surface area contributed by atoms with E-state index in [4.69, 9.17) is 4.74 Å². The first-order valence-corrected chi connectivity index (χ1v) is 7.03. The third-order valence-corrected chi connectivity index (χ3v) is 3.55. The first-order valence-electron chi connectivity index (χ1n) is 7.03. The number of hydrogen-bond donors (Lipinski definition) is 1. The standard InChI is InChI=1S/C15H20F3NO/c16-15(17,18)13-5-3-4-12(10-13)11-20-9-7-14-6-1-2-8-19-14/h3-5,10,14,19H,1-2,6-9,11H2. The van der Waals surface area contributed by atoms with Gasteiger partial charge >= 0.3 is 6.18 Å². The average Bonchev–Trinajstić information content (AvgIpc) is 2.44. The Balaban J connectivity index is 1.73. The molecule has 20 heavy (non-hydrogen) atoms. The quantitative estimate of drug-likeness (QED) is 0.833. The third kappa shape index (κ3) is 4.80. The molecule has 0 aromatic heterocycles. The van der Waals surface area contributed by atoms with Gasteiger partial charge in [-0.15, -0.1) is 0 Å². The minimum Gasteiger partial charge on any atom is -0.377 e. The zero-order valence-electron chi connectivity index (χ0n) is 11.4. The van der Waals surface area contributed by atoms with Gasteiger partial charge in [0, 0.05) is 12.6 Å². The summed E-state index contributed by atoms with van der Waals surface area (Å²) in [7, 11) is 0. The van der Waals surface area contributed by atoms with E-state index < -0.39 is 11.7 Å². The van der Waals surface area contributed by atoms with Crippen LogP contribution in [0.5, 0.6) is 0 Å². The van der Waals surface area contributed by atoms with Crippen LogP contribution in [0.25, 0.3) is 0 Å². The van der Waals surface area contributed by atoms with Crippen molar-refractivity contribution < 1.29 is 17.9 Å². The summed E-state index contributed by atoms with van der Waals surface area (Å²) < 4.78 is 43.1. The molecule has 0 bridgehead atoms. The van der Waals surface area contributed by atoms with Crippen LogP contribution in [-0.2, 0) is 17.5 Å². The molecule has 1 aliphatic rings. The van der Waals surface area contributed by atoms with Crippen LogP contribution in [0, 0.1) is 0 Å². The number of halogens is 3. The molecule has 1 aromatic rings. The SMILES string of the molecule is FC(F)(F)c1cccc(COCCC2CCCCN2)c1. The summed E-state index contributed by atoms with van der Waals surface area (Å²) in [6.07, 6.45) is 0.251. The Morgan fingerprint density at radius 2 is 2.10 bits per heavy atom. The van der Waals surface area contributed by atoms with Crippen molar-refractivity contribution in [3.8, 4) is 0 Å². The molecule has 1 fully saturated rings. The fourth-order valence-corrected chi connectivity index (χ4v) is 2.42. The van der Waals surface area contributed by atoms with Gasteiger partial charge < -0.3 is 10.1 Å². The van der Waals surface area contributed by atoms with Gasteiger partial charge in [-0.2, -0.15) is 13.2 Å². The van der Waals surface area contributed by atoms with Crippen molar-refractivity contribution in [1.29, 1.82) is 0 Å². The number of hydrogen-bond acceptors (Lipinski definition) is 2. The Bertz CT molecular complexity index is 414. The van der Waals surface area contributed by atoms with Crippen molar-refractivity contribution in [2.45, 2.75) is 44.5 Å². The normalized spacial score (nSPS) is 20.1. The molecule has 1 heterocycles. The van der Waals surface area contributed by atoms with E-state index in [2.05, 4.69) is 5.32 Å². The minimum atomic E-state index is -4.29. The van der Waals surface area contributed by atoms with Crippen molar-refractivity contribution in [1.82, 2.24) is 5.32 Å². The van der Waals surface area contributed by atoms with Gasteiger partial charge in [-0.25, -0.2) is 0 Å². The van der Waals surface area contributed by atoms with Crippen LogP contribution < -0.4 is 5.32 Å². The van der Waals surface area contributed by atoms with E-state index in [0.29, 0.717) is 18.2 Å². The largest absolute Gasteiger partial charge is 0.416 e. The maximum Gasteiger partial charge on any atom is 0.416 e. The van der Waals surface area contributed by atoms with Crippen LogP contribution in [-0.4, -0.2) is 19.2 Å². The lowest BCUT2D eigenvalue weighted by Crippen LogP contribution is -2.34. The Labute approximate surface area is 117 Å². The fourth-order valence-electron chi connectivity index (χ4n) is 2.42. The van der Waals surface area contributed by atoms with E-state index in [-0.39, 0.29) is 6.61 Å². The van der Waals surface area contributed by atoms with E-state index in [9.17, 15) is 13.2 Å². The summed E-state index contributed by atoms with van der Waals surface area (Å²) in [5.41, 5.74) is -0.0519. The molecular formula is C15H20F3NO. The molecule has 5 heteroatoms. The van der Waals surface area contributed by atoms with E-state index in [0.717, 1.165) is 31.5 Å². The molecule has 0 aliphatic carbocycles. The summed E-state index contributed by atoms with van der Waals surface area (Å²) in [6.45, 7) is 1.86. The third-order valence-electron chi connectivity index (χ3n) is 3.55. The lowest BCUT2D eigenvalue weighted by atomic mass is 10.0. The number of alkyl halides is 3. The van der Waals surface area contributed by atoms with Crippen LogP contribution in [0.1, 0.15) is 36.8 Å². The topological polar surface area (TPSA) is 21.3 Å². The van der Waals surface area contributed by atoms with Crippen molar-refractivity contribution in [2.24, 2.45) is 0 Å². The molecule has 2 rings (SSSR count). The lowest BCUT2D eigenvalue weighted by molar-refractivity contribution is -0.137. The molecule has 1 N–H and O–H groups in total. The van der Waals surface area contributed by atoms with Crippen molar-refractivity contribution in [3.63, 3.8) is 0 Å². The second-order valence-electron chi connectivity index (χ2n) is 5.19. The highest BCUT2D eigenvalue weighted by Gasteiger charge is 2.30. The number of benzene rings is 1. The molecule has 112 valence electrons. The number of piperidine rings is 1. The Kier molecular flexibility index (Phi) is 5.43. The van der Waals surface area contributed by atoms with Crippen LogP contribution in [0.2, 0.25) is 0 Å². The molecule has 0 radical (unpaired) electrons. The Morgan fingerprint density at radius 1 is 1.25 bits per heavy atom. The first kappa shape index (κ1) is 15.3. The van der Waals surface area contributed by atoms with Gasteiger partial charge in [0.05, 0.1) is 12.2 Å². The maximum absolute atomic E-state index is 12.5. The van der Waals surface area contributed by atoms with Gasteiger partial charge in [-0.1, -0.05) is 18.6 Å². The fraction of sp³-hybridized carbons (Fsp3) is 0.600. The molecule has 0 saturated carbocycles. The van der Waals surface area contributed by atoms with Gasteiger partial charge in [-0.05, 0) is 43.5 Å². The monoisotopic (exact) mass is 287 g/mol. The van der Waals surface area contributed by atoms with Crippen LogP contribution in [0.15, 0.2) is 24.3 Å². The second-order valence-corrected chi connectivity index (χ2v) is 5.19. The highest BCUT2D eigenvalue weighted by molar-refractivity contribution is 5.25. The van der Waals surface area contributed by atoms with Gasteiger partial charge in [0.1, 0.15) is 0 Å². The van der Waals surface area contributed by atoms with Gasteiger partial charge in [0.25, 0.3) is 0 Å². The van der Waals surface area contributed by atoms with Gasteiger partial charge in [0.2, 0.25) is 0 Å². The molecule has 0 spiro atoms. The Morgan fingerprint density at radius 3 is 2.80 bits per heavy atom.